The number of fused-ring (bicyclic) bond motifs is 1. The number of carbonyl (C=O) groups excluding carboxylic acids is 1. The zero-order valence-corrected chi connectivity index (χ0v) is 26.0. The van der Waals surface area contributed by atoms with Crippen LogP contribution in [0.1, 0.15) is 58.7 Å². The van der Waals surface area contributed by atoms with Gasteiger partial charge < -0.3 is 18.9 Å². The number of aromatic nitrogens is 1. The molecule has 3 aromatic rings. The van der Waals surface area contributed by atoms with Crippen molar-refractivity contribution in [3.63, 3.8) is 0 Å². The number of methoxy groups -OCH3 is 1. The third kappa shape index (κ3) is 6.18. The molecule has 0 N–H and O–H groups in total. The lowest BCUT2D eigenvalue weighted by Crippen LogP contribution is -2.40. The van der Waals surface area contributed by atoms with Crippen molar-refractivity contribution in [1.29, 1.82) is 0 Å². The van der Waals surface area contributed by atoms with Crippen LogP contribution in [0, 0.1) is 0 Å². The van der Waals surface area contributed by atoms with Crippen LogP contribution in [-0.2, 0) is 9.53 Å². The number of halogens is 1. The van der Waals surface area contributed by atoms with E-state index in [1.165, 1.54) is 11.3 Å². The minimum Gasteiger partial charge on any atom is -0.496 e. The van der Waals surface area contributed by atoms with E-state index in [-0.39, 0.29) is 23.3 Å². The van der Waals surface area contributed by atoms with Crippen LogP contribution in [0.2, 0.25) is 0 Å². The molecule has 10 heteroatoms. The first kappa shape index (κ1) is 29.6. The van der Waals surface area contributed by atoms with Gasteiger partial charge in [0.1, 0.15) is 11.8 Å². The molecule has 1 aliphatic heterocycles. The molecule has 0 saturated heterocycles. The Hall–Kier alpha value is -3.37. The van der Waals surface area contributed by atoms with Gasteiger partial charge >= 0.3 is 5.97 Å². The minimum absolute atomic E-state index is 0.0106. The Morgan fingerprint density at radius 1 is 1.10 bits per heavy atom. The zero-order valence-electron chi connectivity index (χ0n) is 23.6. The van der Waals surface area contributed by atoms with Gasteiger partial charge in [-0.25, -0.2) is 9.79 Å². The lowest BCUT2D eigenvalue weighted by Gasteiger charge is -2.26. The van der Waals surface area contributed by atoms with Gasteiger partial charge in [0, 0.05) is 10.0 Å². The maximum absolute atomic E-state index is 14.0. The van der Waals surface area contributed by atoms with E-state index >= 15 is 0 Å². The monoisotopic (exact) mass is 628 g/mol. The first-order valence-electron chi connectivity index (χ1n) is 13.0. The number of carbonyl (C=O) groups is 1. The average molecular weight is 630 g/mol. The van der Waals surface area contributed by atoms with E-state index in [4.69, 9.17) is 18.9 Å². The van der Waals surface area contributed by atoms with Crippen LogP contribution < -0.4 is 29.1 Å². The van der Waals surface area contributed by atoms with E-state index in [0.29, 0.717) is 44.4 Å². The van der Waals surface area contributed by atoms with Gasteiger partial charge in [0.25, 0.3) is 5.56 Å². The summed E-state index contributed by atoms with van der Waals surface area (Å²) in [6, 6.07) is 10.3. The van der Waals surface area contributed by atoms with E-state index in [0.717, 1.165) is 10.0 Å². The molecule has 1 aliphatic rings. The summed E-state index contributed by atoms with van der Waals surface area (Å²) < 4.78 is 25.7. The highest BCUT2D eigenvalue weighted by molar-refractivity contribution is 9.10. The summed E-state index contributed by atoms with van der Waals surface area (Å²) in [6.07, 6.45) is 1.44. The summed E-state index contributed by atoms with van der Waals surface area (Å²) >= 11 is 4.78. The molecule has 4 rings (SSSR count). The van der Waals surface area contributed by atoms with Crippen LogP contribution in [0.25, 0.3) is 6.08 Å². The van der Waals surface area contributed by atoms with Gasteiger partial charge in [-0.15, -0.1) is 0 Å². The Kier molecular flexibility index (Phi) is 9.20. The third-order valence-electron chi connectivity index (χ3n) is 6.00. The number of ether oxygens (including phenoxy) is 4. The van der Waals surface area contributed by atoms with Gasteiger partial charge in [0.05, 0.1) is 41.7 Å². The summed E-state index contributed by atoms with van der Waals surface area (Å²) in [4.78, 5) is 32.5. The number of rotatable bonds is 9. The van der Waals surface area contributed by atoms with Crippen molar-refractivity contribution < 1.29 is 23.7 Å². The molecule has 0 bridgehead atoms. The van der Waals surface area contributed by atoms with E-state index in [1.807, 2.05) is 51.1 Å². The standard InChI is InChI=1S/C30H33BrN2O6S/c1-8-37-24-13-19(9-11-23(24)38-16(2)3)14-25-28(34)33-27(21-15-20(31)10-12-22(21)36-7)26(29(35)39-17(4)5)18(6)32-30(33)40-25/h9-17,27H,8H2,1-7H3/b25-14-/t27-/m1/s1. The molecule has 8 nitrogen and oxygen atoms in total. The molecule has 0 amide bonds. The summed E-state index contributed by atoms with van der Waals surface area (Å²) in [6.45, 7) is 11.6. The summed E-state index contributed by atoms with van der Waals surface area (Å²) in [5.74, 6) is 1.25. The molecule has 2 aromatic carbocycles. The number of allylic oxidation sites excluding steroid dienone is 1. The zero-order chi connectivity index (χ0) is 29.1. The SMILES string of the molecule is CCOc1cc(/C=c2\sc3n(c2=O)[C@H](c2cc(Br)ccc2OC)C(C(=O)OC(C)C)=C(C)N=3)ccc1OC(C)C. The maximum Gasteiger partial charge on any atom is 0.338 e. The Morgan fingerprint density at radius 2 is 1.82 bits per heavy atom. The number of benzene rings is 2. The lowest BCUT2D eigenvalue weighted by molar-refractivity contribution is -0.143. The summed E-state index contributed by atoms with van der Waals surface area (Å²) in [7, 11) is 1.56. The van der Waals surface area contributed by atoms with Crippen molar-refractivity contribution in [2.45, 2.75) is 59.8 Å². The number of hydrogen-bond acceptors (Lipinski definition) is 8. The molecule has 0 fully saturated rings. The second-order valence-corrected chi connectivity index (χ2v) is 11.7. The Morgan fingerprint density at radius 3 is 2.48 bits per heavy atom. The van der Waals surface area contributed by atoms with Crippen molar-refractivity contribution >= 4 is 39.3 Å². The van der Waals surface area contributed by atoms with E-state index in [9.17, 15) is 9.59 Å². The molecular formula is C30H33BrN2O6S. The first-order valence-corrected chi connectivity index (χ1v) is 14.6. The highest BCUT2D eigenvalue weighted by Gasteiger charge is 2.35. The Bertz CT molecular complexity index is 1640. The van der Waals surface area contributed by atoms with Crippen molar-refractivity contribution in [3.05, 3.63) is 83.0 Å². The van der Waals surface area contributed by atoms with Crippen molar-refractivity contribution in [2.75, 3.05) is 13.7 Å². The van der Waals surface area contributed by atoms with Crippen LogP contribution in [0.15, 0.2) is 61.9 Å². The summed E-state index contributed by atoms with van der Waals surface area (Å²) in [5.41, 5.74) is 1.91. The van der Waals surface area contributed by atoms with Crippen LogP contribution in [0.4, 0.5) is 0 Å². The Labute approximate surface area is 245 Å². The van der Waals surface area contributed by atoms with Crippen molar-refractivity contribution in [2.24, 2.45) is 4.99 Å². The van der Waals surface area contributed by atoms with Crippen LogP contribution in [-0.4, -0.2) is 36.5 Å². The largest absolute Gasteiger partial charge is 0.496 e. The molecule has 0 saturated carbocycles. The Balaban J connectivity index is 1.93. The molecule has 0 spiro atoms. The fourth-order valence-corrected chi connectivity index (χ4v) is 5.88. The molecule has 40 heavy (non-hydrogen) atoms. The number of nitrogens with zero attached hydrogens (tertiary/aromatic N) is 2. The van der Waals surface area contributed by atoms with Crippen molar-refractivity contribution in [1.82, 2.24) is 4.57 Å². The topological polar surface area (TPSA) is 88.4 Å². The molecule has 1 aromatic heterocycles. The third-order valence-corrected chi connectivity index (χ3v) is 7.47. The second kappa shape index (κ2) is 12.4. The smallest absolute Gasteiger partial charge is 0.338 e. The van der Waals surface area contributed by atoms with Gasteiger partial charge in [0.15, 0.2) is 16.3 Å². The molecule has 0 radical (unpaired) electrons. The maximum atomic E-state index is 14.0. The van der Waals surface area contributed by atoms with Gasteiger partial charge in [-0.3, -0.25) is 9.36 Å². The van der Waals surface area contributed by atoms with E-state index < -0.39 is 12.0 Å². The van der Waals surface area contributed by atoms with E-state index in [2.05, 4.69) is 20.9 Å². The molecule has 0 aliphatic carbocycles. The van der Waals surface area contributed by atoms with Crippen molar-refractivity contribution in [3.8, 4) is 17.2 Å². The van der Waals surface area contributed by atoms with Gasteiger partial charge in [-0.2, -0.15) is 0 Å². The highest BCUT2D eigenvalue weighted by Crippen LogP contribution is 2.37. The molecule has 2 heterocycles. The van der Waals surface area contributed by atoms with Crippen LogP contribution in [0.3, 0.4) is 0 Å². The normalized spacial score (nSPS) is 15.2. The quantitative estimate of drug-likeness (QED) is 0.305. The number of thiazole rings is 1. The van der Waals surface area contributed by atoms with E-state index in [1.54, 1.807) is 44.6 Å². The van der Waals surface area contributed by atoms with Crippen LogP contribution >= 0.6 is 27.3 Å². The predicted molar refractivity (Wildman–Crippen MR) is 159 cm³/mol. The molecule has 0 unspecified atom stereocenters. The van der Waals surface area contributed by atoms with Gasteiger partial charge in [0.2, 0.25) is 0 Å². The van der Waals surface area contributed by atoms with Gasteiger partial charge in [-0.05, 0) is 83.5 Å². The fraction of sp³-hybridized carbons (Fsp3) is 0.367. The average Bonchev–Trinajstić information content (AvgIpc) is 3.18. The predicted octanol–water partition coefficient (Wildman–Crippen LogP) is 5.14. The fourth-order valence-electron chi connectivity index (χ4n) is 4.46. The first-order chi connectivity index (χ1) is 19.0. The minimum atomic E-state index is -0.794. The molecule has 212 valence electrons. The van der Waals surface area contributed by atoms with Crippen LogP contribution in [0.5, 0.6) is 17.2 Å². The highest BCUT2D eigenvalue weighted by atomic mass is 79.9. The number of hydrogen-bond donors (Lipinski definition) is 0. The summed E-state index contributed by atoms with van der Waals surface area (Å²) in [5, 5.41) is 0. The number of esters is 1. The lowest BCUT2D eigenvalue weighted by atomic mass is 9.95. The second-order valence-electron chi connectivity index (χ2n) is 9.73. The van der Waals surface area contributed by atoms with Gasteiger partial charge in [-0.1, -0.05) is 33.3 Å². The molecular weight excluding hydrogens is 596 g/mol. The molecule has 1 atom stereocenters.